The maximum absolute atomic E-state index is 4.04. The lowest BCUT2D eigenvalue weighted by Gasteiger charge is -1.91. The van der Waals surface area contributed by atoms with Gasteiger partial charge in [-0.3, -0.25) is 4.98 Å². The van der Waals surface area contributed by atoms with Crippen molar-refractivity contribution in [1.82, 2.24) is 10.3 Å². The molecule has 0 aliphatic heterocycles. The standard InChI is InChI=1S/C10H12N2/c1-9-6-10(8-12-7-9)4-3-5-11-2/h6-8,11H,5H2,1-2H3. The van der Waals surface area contributed by atoms with Crippen LogP contribution in [0.15, 0.2) is 18.5 Å². The van der Waals surface area contributed by atoms with Crippen LogP contribution in [0.3, 0.4) is 0 Å². The van der Waals surface area contributed by atoms with Gasteiger partial charge in [0.2, 0.25) is 0 Å². The molecule has 0 aliphatic carbocycles. The molecule has 2 heteroatoms. The van der Waals surface area contributed by atoms with E-state index in [1.165, 1.54) is 0 Å². The molecule has 0 bridgehead atoms. The van der Waals surface area contributed by atoms with Gasteiger partial charge in [0, 0.05) is 18.0 Å². The van der Waals surface area contributed by atoms with Crippen molar-refractivity contribution in [3.63, 3.8) is 0 Å². The average molecular weight is 160 g/mol. The molecule has 1 heterocycles. The lowest BCUT2D eigenvalue weighted by atomic mass is 10.2. The summed E-state index contributed by atoms with van der Waals surface area (Å²) in [5.41, 5.74) is 2.12. The molecule has 2 nitrogen and oxygen atoms in total. The van der Waals surface area contributed by atoms with Crippen LogP contribution in [0.4, 0.5) is 0 Å². The smallest absolute Gasteiger partial charge is 0.0577 e. The minimum Gasteiger partial charge on any atom is -0.309 e. The summed E-state index contributed by atoms with van der Waals surface area (Å²) in [6.45, 7) is 2.73. The van der Waals surface area contributed by atoms with E-state index < -0.39 is 0 Å². The lowest BCUT2D eigenvalue weighted by molar-refractivity contribution is 0.938. The SMILES string of the molecule is CNCC#Cc1cncc(C)c1. The summed E-state index contributed by atoms with van der Waals surface area (Å²) in [5.74, 6) is 5.99. The van der Waals surface area contributed by atoms with Crippen molar-refractivity contribution in [2.45, 2.75) is 6.92 Å². The number of hydrogen-bond donors (Lipinski definition) is 1. The maximum Gasteiger partial charge on any atom is 0.0577 e. The average Bonchev–Trinajstić information content (AvgIpc) is 2.05. The lowest BCUT2D eigenvalue weighted by Crippen LogP contribution is -2.04. The van der Waals surface area contributed by atoms with Crippen LogP contribution in [0.5, 0.6) is 0 Å². The molecule has 0 saturated heterocycles. The zero-order chi connectivity index (χ0) is 8.81. The Labute approximate surface area is 73.0 Å². The molecule has 0 aromatic carbocycles. The molecule has 1 aromatic rings. The topological polar surface area (TPSA) is 24.9 Å². The number of hydrogen-bond acceptors (Lipinski definition) is 2. The van der Waals surface area contributed by atoms with Crippen molar-refractivity contribution >= 4 is 0 Å². The van der Waals surface area contributed by atoms with Crippen LogP contribution >= 0.6 is 0 Å². The Morgan fingerprint density at radius 3 is 3.00 bits per heavy atom. The molecule has 1 rings (SSSR count). The molecular weight excluding hydrogens is 148 g/mol. The fraction of sp³-hybridized carbons (Fsp3) is 0.300. The number of nitrogens with zero attached hydrogens (tertiary/aromatic N) is 1. The first-order valence-electron chi connectivity index (χ1n) is 3.88. The third kappa shape index (κ3) is 2.73. The van der Waals surface area contributed by atoms with Gasteiger partial charge in [0.1, 0.15) is 0 Å². The molecule has 0 fully saturated rings. The number of pyridine rings is 1. The molecule has 1 aromatic heterocycles. The highest BCUT2D eigenvalue weighted by Crippen LogP contribution is 1.97. The summed E-state index contributed by atoms with van der Waals surface area (Å²) >= 11 is 0. The second-order valence-electron chi connectivity index (χ2n) is 2.58. The second kappa shape index (κ2) is 4.53. The van der Waals surface area contributed by atoms with Gasteiger partial charge >= 0.3 is 0 Å². The molecule has 0 amide bonds. The fourth-order valence-corrected chi connectivity index (χ4v) is 0.858. The molecule has 0 aliphatic rings. The van der Waals surface area contributed by atoms with E-state index >= 15 is 0 Å². The van der Waals surface area contributed by atoms with Gasteiger partial charge in [-0.25, -0.2) is 0 Å². The number of aromatic nitrogens is 1. The molecular formula is C10H12N2. The van der Waals surface area contributed by atoms with Crippen molar-refractivity contribution in [3.8, 4) is 11.8 Å². The summed E-state index contributed by atoms with van der Waals surface area (Å²) in [6, 6.07) is 2.02. The molecule has 62 valence electrons. The van der Waals surface area contributed by atoms with E-state index in [1.54, 1.807) is 6.20 Å². The first kappa shape index (κ1) is 8.76. The van der Waals surface area contributed by atoms with Gasteiger partial charge in [0.15, 0.2) is 0 Å². The molecule has 1 N–H and O–H groups in total. The monoisotopic (exact) mass is 160 g/mol. The zero-order valence-corrected chi connectivity index (χ0v) is 7.39. The number of rotatable bonds is 1. The first-order chi connectivity index (χ1) is 5.83. The van der Waals surface area contributed by atoms with Crippen LogP contribution in [0.1, 0.15) is 11.1 Å². The minimum absolute atomic E-state index is 0.716. The van der Waals surface area contributed by atoms with Crippen LogP contribution in [0, 0.1) is 18.8 Å². The normalized spacial score (nSPS) is 8.83. The van der Waals surface area contributed by atoms with Crippen molar-refractivity contribution < 1.29 is 0 Å². The van der Waals surface area contributed by atoms with Gasteiger partial charge in [-0.2, -0.15) is 0 Å². The molecule has 0 spiro atoms. The van der Waals surface area contributed by atoms with E-state index in [9.17, 15) is 0 Å². The summed E-state index contributed by atoms with van der Waals surface area (Å²) in [6.07, 6.45) is 3.60. The zero-order valence-electron chi connectivity index (χ0n) is 7.39. The third-order valence-electron chi connectivity index (χ3n) is 1.37. The highest BCUT2D eigenvalue weighted by Gasteiger charge is 1.86. The Kier molecular flexibility index (Phi) is 3.31. The van der Waals surface area contributed by atoms with Crippen LogP contribution < -0.4 is 5.32 Å². The third-order valence-corrected chi connectivity index (χ3v) is 1.37. The fourth-order valence-electron chi connectivity index (χ4n) is 0.858. The summed E-state index contributed by atoms with van der Waals surface area (Å²) in [5, 5.41) is 2.96. The van der Waals surface area contributed by atoms with Gasteiger partial charge < -0.3 is 5.32 Å². The van der Waals surface area contributed by atoms with Crippen molar-refractivity contribution in [1.29, 1.82) is 0 Å². The Bertz CT molecular complexity index is 307. The molecule has 0 unspecified atom stereocenters. The van der Waals surface area contributed by atoms with Crippen LogP contribution in [-0.4, -0.2) is 18.6 Å². The van der Waals surface area contributed by atoms with Crippen LogP contribution in [0.2, 0.25) is 0 Å². The first-order valence-corrected chi connectivity index (χ1v) is 3.88. The van der Waals surface area contributed by atoms with Crippen molar-refractivity contribution in [2.24, 2.45) is 0 Å². The quantitative estimate of drug-likeness (QED) is 0.619. The predicted octanol–water partition coefficient (Wildman–Crippen LogP) is 0.961. The van der Waals surface area contributed by atoms with Gasteiger partial charge in [-0.15, -0.1) is 0 Å². The molecule has 0 radical (unpaired) electrons. The summed E-state index contributed by atoms with van der Waals surface area (Å²) in [7, 11) is 1.88. The van der Waals surface area contributed by atoms with Crippen LogP contribution in [0.25, 0.3) is 0 Å². The summed E-state index contributed by atoms with van der Waals surface area (Å²) < 4.78 is 0. The van der Waals surface area contributed by atoms with Gasteiger partial charge in [-0.05, 0) is 25.6 Å². The van der Waals surface area contributed by atoms with E-state index in [-0.39, 0.29) is 0 Å². The predicted molar refractivity (Wildman–Crippen MR) is 49.8 cm³/mol. The maximum atomic E-state index is 4.04. The van der Waals surface area contributed by atoms with E-state index in [2.05, 4.69) is 22.1 Å². The van der Waals surface area contributed by atoms with Gasteiger partial charge in [0.05, 0.1) is 6.54 Å². The van der Waals surface area contributed by atoms with Crippen molar-refractivity contribution in [3.05, 3.63) is 29.6 Å². The minimum atomic E-state index is 0.716. The van der Waals surface area contributed by atoms with E-state index in [0.29, 0.717) is 6.54 Å². The van der Waals surface area contributed by atoms with E-state index in [1.807, 2.05) is 26.2 Å². The Balaban J connectivity index is 2.71. The largest absolute Gasteiger partial charge is 0.309 e. The van der Waals surface area contributed by atoms with Crippen molar-refractivity contribution in [2.75, 3.05) is 13.6 Å². The van der Waals surface area contributed by atoms with E-state index in [4.69, 9.17) is 0 Å². The highest BCUT2D eigenvalue weighted by atomic mass is 14.8. The second-order valence-corrected chi connectivity index (χ2v) is 2.58. The summed E-state index contributed by atoms with van der Waals surface area (Å²) in [4.78, 5) is 4.04. The molecule has 12 heavy (non-hydrogen) atoms. The van der Waals surface area contributed by atoms with Crippen LogP contribution in [-0.2, 0) is 0 Å². The highest BCUT2D eigenvalue weighted by molar-refractivity contribution is 5.33. The van der Waals surface area contributed by atoms with E-state index in [0.717, 1.165) is 11.1 Å². The molecule has 0 atom stereocenters. The Morgan fingerprint density at radius 2 is 2.33 bits per heavy atom. The number of nitrogens with one attached hydrogen (secondary N) is 1. The number of aryl methyl sites for hydroxylation is 1. The van der Waals surface area contributed by atoms with Gasteiger partial charge in [-0.1, -0.05) is 11.8 Å². The van der Waals surface area contributed by atoms with Gasteiger partial charge in [0.25, 0.3) is 0 Å². The Morgan fingerprint density at radius 1 is 1.50 bits per heavy atom. The molecule has 0 saturated carbocycles. The Hall–Kier alpha value is -1.33.